The second-order valence-corrected chi connectivity index (χ2v) is 37.5. The molecular formula is C85H182F8S. The molecule has 0 heterocycles. The normalized spacial score (nSPS) is 12.8. The molecule has 0 amide bonds. The molecule has 0 nitrogen and oxygen atoms in total. The highest BCUT2D eigenvalue weighted by Gasteiger charge is 2.33. The summed E-state index contributed by atoms with van der Waals surface area (Å²) in [6.07, 6.45) is 9.21. The highest BCUT2D eigenvalue weighted by atomic mass is 32.1. The second-order valence-electron chi connectivity index (χ2n) is 37.2. The minimum absolute atomic E-state index is 0. The molecule has 1 aromatic rings. The van der Waals surface area contributed by atoms with Crippen LogP contribution in [0, 0.1) is 72.4 Å². The molecule has 94 heavy (non-hydrogen) atoms. The van der Waals surface area contributed by atoms with Crippen LogP contribution < -0.4 is 0 Å². The van der Waals surface area contributed by atoms with Crippen LogP contribution in [0.5, 0.6) is 0 Å². The van der Waals surface area contributed by atoms with Crippen molar-refractivity contribution in [1.29, 1.82) is 0 Å². The Balaban J connectivity index is -0.0000000507. The first-order valence-electron chi connectivity index (χ1n) is 32.9. The lowest BCUT2D eigenvalue weighted by atomic mass is 9.87. The Morgan fingerprint density at radius 2 is 0.809 bits per heavy atom. The van der Waals surface area contributed by atoms with Gasteiger partial charge in [-0.15, -0.1) is 18.9 Å². The van der Waals surface area contributed by atoms with Gasteiger partial charge in [-0.05, 0) is 136 Å². The molecule has 2 rings (SSSR count). The highest BCUT2D eigenvalue weighted by Crippen LogP contribution is 2.39. The summed E-state index contributed by atoms with van der Waals surface area (Å²) in [6, 6.07) is 10.6. The summed E-state index contributed by atoms with van der Waals surface area (Å²) >= 11 is 4.10. The molecule has 1 aromatic carbocycles. The van der Waals surface area contributed by atoms with Crippen LogP contribution in [0.1, 0.15) is 404 Å². The number of hydrogen-bond donors (Lipinski definition) is 1. The Kier molecular flexibility index (Phi) is 86.1. The van der Waals surface area contributed by atoms with Crippen LogP contribution in [-0.4, -0.2) is 30.4 Å². The summed E-state index contributed by atoms with van der Waals surface area (Å²) in [5.41, 5.74) is 4.11. The fraction of sp³-hybridized carbons (Fsp3) is 0.882. The zero-order valence-corrected chi connectivity index (χ0v) is 66.0. The first-order chi connectivity index (χ1) is 37.7. The lowest BCUT2D eigenvalue weighted by Crippen LogP contribution is -2.18. The SMILES string of the molecule is C.C.C.C.C.C.C.C#CCC(C)(C)C.C=CCC(C)(C)C.CC(C)(C)CC(F)(F)F.CC(C)(C)CC1CC1.CC(C)(C)CCC(F)(F)F.CC(C)(C)CS.CC(C)(C)c1ccccc1.CC(F)CC(C)(C)C.CC(F)CCC(C)(C)C.CCC(C)(C)C.CCCC(C)(C)C. The van der Waals surface area contributed by atoms with Gasteiger partial charge in [-0.2, -0.15) is 39.0 Å². The van der Waals surface area contributed by atoms with E-state index in [1.165, 1.54) is 44.1 Å². The standard InChI is InChI=1S/C10H14.C8H17F.C8H16.C7H13F3.C7H15F.C7H16.C7H14.C7H12.C6H11F3.C6H14.C5H12S.7CH4/c1-10(2,3)9-7-5-4-6-8-9;1-7(9)5-6-8(2,3)4;1-8(2,3)6-7-4-5-7;1-6(2,3)4-5-7(8,9)10;1-6(8)5-7(2,3)4;3*1-5-6-7(2,3)4;1-5(2,3)4-6(7,8)9;1-5-6(2,3)4;1-5(2,3)4-6;;;;;;;/h4-8H,1-3H3;7H,5-6H2,1-4H3;7H,4-6H2,1-3H3;4-5H2,1-3H3;6H,5H2,1-4H3;5-6H2,1-4H3;5H,1,6H2,2-4H3;1H,6H2,2-4H3;4H2,1-3H3;5H2,1-4H3;6H,4H2,1-3H3;7*1H4. The van der Waals surface area contributed by atoms with E-state index in [1.54, 1.807) is 55.4 Å². The number of halogens is 8. The molecule has 0 spiro atoms. The summed E-state index contributed by atoms with van der Waals surface area (Å²) in [7, 11) is 0. The van der Waals surface area contributed by atoms with Crippen LogP contribution in [-0.2, 0) is 5.41 Å². The van der Waals surface area contributed by atoms with E-state index < -0.39 is 43.0 Å². The summed E-state index contributed by atoms with van der Waals surface area (Å²) in [5.74, 6) is 4.67. The maximum absolute atomic E-state index is 12.2. The Hall–Kier alpha value is -1.69. The molecule has 0 N–H and O–H groups in total. The van der Waals surface area contributed by atoms with Crippen LogP contribution in [0.15, 0.2) is 43.0 Å². The zero-order valence-electron chi connectivity index (χ0n) is 65.1. The predicted molar refractivity (Wildman–Crippen MR) is 432 cm³/mol. The number of hydrogen-bond acceptors (Lipinski definition) is 1. The maximum Gasteiger partial charge on any atom is 0.389 e. The van der Waals surface area contributed by atoms with Gasteiger partial charge < -0.3 is 0 Å². The molecule has 584 valence electrons. The van der Waals surface area contributed by atoms with Crippen molar-refractivity contribution in [2.75, 3.05) is 5.75 Å². The van der Waals surface area contributed by atoms with Gasteiger partial charge in [0.2, 0.25) is 0 Å². The summed E-state index contributed by atoms with van der Waals surface area (Å²) in [5, 5.41) is 0. The molecule has 0 saturated heterocycles. The summed E-state index contributed by atoms with van der Waals surface area (Å²) in [4.78, 5) is 0. The van der Waals surface area contributed by atoms with Crippen LogP contribution in [0.3, 0.4) is 0 Å². The van der Waals surface area contributed by atoms with Gasteiger partial charge in [0.1, 0.15) is 0 Å². The van der Waals surface area contributed by atoms with Gasteiger partial charge in [-0.25, -0.2) is 8.78 Å². The Labute approximate surface area is 599 Å². The molecule has 2 unspecified atom stereocenters. The van der Waals surface area contributed by atoms with Crippen molar-refractivity contribution in [1.82, 2.24) is 0 Å². The van der Waals surface area contributed by atoms with Gasteiger partial charge in [0.25, 0.3) is 0 Å². The molecule has 9 heteroatoms. The second kappa shape index (κ2) is 61.2. The van der Waals surface area contributed by atoms with E-state index in [0.29, 0.717) is 56.2 Å². The fourth-order valence-electron chi connectivity index (χ4n) is 6.21. The first kappa shape index (κ1) is 132. The zero-order chi connectivity index (χ0) is 72.4. The average molecular weight is 1390 g/mol. The fourth-order valence-corrected chi connectivity index (χ4v) is 6.21. The number of allylic oxidation sites excluding steroid dienone is 1. The van der Waals surface area contributed by atoms with Crippen LogP contribution >= 0.6 is 12.6 Å². The van der Waals surface area contributed by atoms with Crippen LogP contribution in [0.2, 0.25) is 0 Å². The quantitative estimate of drug-likeness (QED) is 0.120. The van der Waals surface area contributed by atoms with E-state index in [-0.39, 0.29) is 69.2 Å². The van der Waals surface area contributed by atoms with Crippen LogP contribution in [0.25, 0.3) is 0 Å². The topological polar surface area (TPSA) is 0 Å². The Morgan fingerprint density at radius 3 is 0.872 bits per heavy atom. The number of rotatable bonds is 7. The number of alkyl halides is 8. The Bertz CT molecular complexity index is 1640. The third kappa shape index (κ3) is 186. The van der Waals surface area contributed by atoms with E-state index in [4.69, 9.17) is 6.42 Å². The molecule has 1 saturated carbocycles. The van der Waals surface area contributed by atoms with E-state index in [2.05, 4.69) is 235 Å². The molecule has 1 aliphatic rings. The molecule has 0 aromatic heterocycles. The van der Waals surface area contributed by atoms with Gasteiger partial charge in [-0.1, -0.05) is 356 Å². The van der Waals surface area contributed by atoms with E-state index in [0.717, 1.165) is 30.9 Å². The van der Waals surface area contributed by atoms with E-state index >= 15 is 0 Å². The van der Waals surface area contributed by atoms with Gasteiger partial charge in [0.05, 0.1) is 12.3 Å². The molecule has 0 bridgehead atoms. The van der Waals surface area contributed by atoms with E-state index in [9.17, 15) is 35.1 Å². The molecule has 2 atom stereocenters. The number of thiol groups is 1. The lowest BCUT2D eigenvalue weighted by Gasteiger charge is -2.19. The van der Waals surface area contributed by atoms with Crippen molar-refractivity contribution in [2.24, 2.45) is 60.1 Å². The third-order valence-electron chi connectivity index (χ3n) is 11.2. The minimum atomic E-state index is -4.02. The lowest BCUT2D eigenvalue weighted by molar-refractivity contribution is -0.152. The van der Waals surface area contributed by atoms with Gasteiger partial charge in [0, 0.05) is 19.3 Å². The van der Waals surface area contributed by atoms with Crippen molar-refractivity contribution < 1.29 is 35.1 Å². The number of terminal acetylenes is 1. The molecule has 1 aliphatic carbocycles. The van der Waals surface area contributed by atoms with Crippen molar-refractivity contribution >= 4 is 12.6 Å². The molecule has 0 radical (unpaired) electrons. The van der Waals surface area contributed by atoms with Crippen LogP contribution in [0.4, 0.5) is 35.1 Å². The van der Waals surface area contributed by atoms with Crippen molar-refractivity contribution in [3.05, 3.63) is 48.6 Å². The largest absolute Gasteiger partial charge is 0.389 e. The molecule has 0 aliphatic heterocycles. The van der Waals surface area contributed by atoms with Crippen molar-refractivity contribution in [2.45, 2.75) is 428 Å². The van der Waals surface area contributed by atoms with E-state index in [1.807, 2.05) is 26.8 Å². The summed E-state index contributed by atoms with van der Waals surface area (Å²) < 4.78 is 93.8. The average Bonchev–Trinajstić information content (AvgIpc) is 4.03. The van der Waals surface area contributed by atoms with Gasteiger partial charge in [-0.3, -0.25) is 0 Å². The highest BCUT2D eigenvalue weighted by molar-refractivity contribution is 7.80. The predicted octanol–water partition coefficient (Wildman–Crippen LogP) is 34.5. The molecule has 1 fully saturated rings. The summed E-state index contributed by atoms with van der Waals surface area (Å²) in [6.45, 7) is 80.7. The first-order valence-corrected chi connectivity index (χ1v) is 33.5. The van der Waals surface area contributed by atoms with Gasteiger partial charge in [0.15, 0.2) is 0 Å². The molecular weight excluding hydrogens is 1200 g/mol. The maximum atomic E-state index is 12.2. The number of benzene rings is 1. The van der Waals surface area contributed by atoms with Gasteiger partial charge >= 0.3 is 12.4 Å². The Morgan fingerprint density at radius 1 is 0.468 bits per heavy atom. The third-order valence-corrected chi connectivity index (χ3v) is 12.2. The monoisotopic (exact) mass is 1390 g/mol. The van der Waals surface area contributed by atoms with Crippen molar-refractivity contribution in [3.63, 3.8) is 0 Å². The van der Waals surface area contributed by atoms with Crippen molar-refractivity contribution in [3.8, 4) is 12.3 Å². The smallest absolute Gasteiger partial charge is 0.248 e. The minimum Gasteiger partial charge on any atom is -0.248 e.